The Morgan fingerprint density at radius 2 is 1.93 bits per heavy atom. The lowest BCUT2D eigenvalue weighted by atomic mass is 9.87. The zero-order valence-corrected chi connectivity index (χ0v) is 16.0. The van der Waals surface area contributed by atoms with Gasteiger partial charge in [-0.2, -0.15) is 0 Å². The summed E-state index contributed by atoms with van der Waals surface area (Å²) in [5, 5.41) is 7.86. The third-order valence-corrected chi connectivity index (χ3v) is 4.88. The van der Waals surface area contributed by atoms with Crippen LogP contribution in [0.2, 0.25) is 0 Å². The summed E-state index contributed by atoms with van der Waals surface area (Å²) >= 11 is 0. The molecule has 0 N–H and O–H groups in total. The number of methoxy groups -OCH3 is 1. The standard InChI is InChI=1S/C18H22BF2N3O3/c1-17(2)18(3,4)27-19(26-17)16(21)9-13-11-24(23-22-13)10-12-6-7-15(25-5)14(20)8-12/h6-9,11H,10H2,1-5H3. The second-order valence-corrected chi connectivity index (χ2v) is 7.43. The van der Waals surface area contributed by atoms with Gasteiger partial charge in [-0.25, -0.2) is 13.5 Å². The fourth-order valence-corrected chi connectivity index (χ4v) is 2.62. The van der Waals surface area contributed by atoms with E-state index in [2.05, 4.69) is 10.3 Å². The minimum atomic E-state index is -1.09. The molecule has 0 radical (unpaired) electrons. The highest BCUT2D eigenvalue weighted by molar-refractivity contribution is 6.54. The Bertz CT molecular complexity index is 851. The molecule has 0 unspecified atom stereocenters. The van der Waals surface area contributed by atoms with Crippen molar-refractivity contribution >= 4 is 13.2 Å². The van der Waals surface area contributed by atoms with E-state index in [1.54, 1.807) is 18.3 Å². The van der Waals surface area contributed by atoms with Crippen molar-refractivity contribution in [3.8, 4) is 5.75 Å². The molecule has 27 heavy (non-hydrogen) atoms. The molecule has 9 heteroatoms. The molecule has 144 valence electrons. The van der Waals surface area contributed by atoms with Crippen molar-refractivity contribution < 1.29 is 22.8 Å². The molecule has 3 rings (SSSR count). The topological polar surface area (TPSA) is 58.4 Å². The molecular formula is C18H22BF2N3O3. The van der Waals surface area contributed by atoms with Crippen LogP contribution in [0.1, 0.15) is 39.0 Å². The highest BCUT2D eigenvalue weighted by Gasteiger charge is 2.53. The van der Waals surface area contributed by atoms with Crippen molar-refractivity contribution in [2.45, 2.75) is 45.4 Å². The number of rotatable bonds is 5. The first kappa shape index (κ1) is 19.5. The van der Waals surface area contributed by atoms with Crippen molar-refractivity contribution in [2.75, 3.05) is 7.11 Å². The van der Waals surface area contributed by atoms with E-state index < -0.39 is 29.9 Å². The number of hydrogen-bond acceptors (Lipinski definition) is 5. The first-order valence-electron chi connectivity index (χ1n) is 8.56. The van der Waals surface area contributed by atoms with Crippen LogP contribution in [-0.4, -0.2) is 40.4 Å². The van der Waals surface area contributed by atoms with E-state index in [0.717, 1.165) is 0 Å². The maximum Gasteiger partial charge on any atom is 0.525 e. The van der Waals surface area contributed by atoms with Crippen LogP contribution in [0.3, 0.4) is 0 Å². The molecule has 0 saturated carbocycles. The lowest BCUT2D eigenvalue weighted by Gasteiger charge is -2.32. The number of hydrogen-bond donors (Lipinski definition) is 0. The largest absolute Gasteiger partial charge is 0.525 e. The van der Waals surface area contributed by atoms with Gasteiger partial charge in [0, 0.05) is 0 Å². The lowest BCUT2D eigenvalue weighted by molar-refractivity contribution is 0.00578. The van der Waals surface area contributed by atoms with Gasteiger partial charge in [-0.3, -0.25) is 0 Å². The predicted octanol–water partition coefficient (Wildman–Crippen LogP) is 3.42. The van der Waals surface area contributed by atoms with E-state index in [4.69, 9.17) is 14.0 Å². The Morgan fingerprint density at radius 3 is 2.52 bits per heavy atom. The molecule has 0 bridgehead atoms. The minimum Gasteiger partial charge on any atom is -0.494 e. The van der Waals surface area contributed by atoms with Crippen LogP contribution in [0.15, 0.2) is 30.1 Å². The average molecular weight is 377 g/mol. The van der Waals surface area contributed by atoms with Crippen molar-refractivity contribution in [3.63, 3.8) is 0 Å². The Balaban J connectivity index is 1.71. The third kappa shape index (κ3) is 4.04. The predicted molar refractivity (Wildman–Crippen MR) is 97.2 cm³/mol. The van der Waals surface area contributed by atoms with Crippen LogP contribution in [0.25, 0.3) is 6.08 Å². The SMILES string of the molecule is COc1ccc(Cn2cc(C=C(F)B3OC(C)(C)C(C)(C)O3)nn2)cc1F. The van der Waals surface area contributed by atoms with Gasteiger partial charge in [0.1, 0.15) is 11.4 Å². The van der Waals surface area contributed by atoms with Crippen molar-refractivity contribution in [3.05, 3.63) is 47.2 Å². The van der Waals surface area contributed by atoms with E-state index in [1.807, 2.05) is 27.7 Å². The van der Waals surface area contributed by atoms with Crippen LogP contribution in [0, 0.1) is 5.82 Å². The molecule has 1 aromatic carbocycles. The number of aromatic nitrogens is 3. The lowest BCUT2D eigenvalue weighted by Crippen LogP contribution is -2.41. The zero-order valence-electron chi connectivity index (χ0n) is 16.0. The Morgan fingerprint density at radius 1 is 1.26 bits per heavy atom. The van der Waals surface area contributed by atoms with E-state index in [9.17, 15) is 8.78 Å². The van der Waals surface area contributed by atoms with Crippen LogP contribution in [0.4, 0.5) is 8.78 Å². The molecule has 0 aliphatic carbocycles. The molecule has 0 amide bonds. The number of halogens is 2. The molecule has 6 nitrogen and oxygen atoms in total. The van der Waals surface area contributed by atoms with Gasteiger partial charge in [0.25, 0.3) is 0 Å². The summed E-state index contributed by atoms with van der Waals surface area (Å²) in [6.07, 6.45) is 2.78. The van der Waals surface area contributed by atoms with Crippen molar-refractivity contribution in [2.24, 2.45) is 0 Å². The van der Waals surface area contributed by atoms with Crippen molar-refractivity contribution in [1.29, 1.82) is 0 Å². The van der Waals surface area contributed by atoms with Crippen LogP contribution >= 0.6 is 0 Å². The normalized spacial score (nSPS) is 18.8. The number of ether oxygens (including phenoxy) is 1. The van der Waals surface area contributed by atoms with Gasteiger partial charge in [0.2, 0.25) is 0 Å². The zero-order chi connectivity index (χ0) is 19.8. The summed E-state index contributed by atoms with van der Waals surface area (Å²) in [6.45, 7) is 7.70. The van der Waals surface area contributed by atoms with E-state index in [1.165, 1.54) is 23.9 Å². The molecular weight excluding hydrogens is 355 g/mol. The van der Waals surface area contributed by atoms with E-state index in [-0.39, 0.29) is 5.75 Å². The van der Waals surface area contributed by atoms with Gasteiger partial charge < -0.3 is 14.0 Å². The molecule has 0 atom stereocenters. The Labute approximate surface area is 157 Å². The van der Waals surface area contributed by atoms with Gasteiger partial charge in [-0.1, -0.05) is 11.3 Å². The third-order valence-electron chi connectivity index (χ3n) is 4.88. The fourth-order valence-electron chi connectivity index (χ4n) is 2.62. The fraction of sp³-hybridized carbons (Fsp3) is 0.444. The highest BCUT2D eigenvalue weighted by Crippen LogP contribution is 2.38. The second-order valence-electron chi connectivity index (χ2n) is 7.43. The minimum absolute atomic E-state index is 0.172. The summed E-state index contributed by atoms with van der Waals surface area (Å²) in [5.74, 6) is -0.285. The van der Waals surface area contributed by atoms with Crippen LogP contribution in [-0.2, 0) is 15.9 Å². The van der Waals surface area contributed by atoms with E-state index >= 15 is 0 Å². The first-order chi connectivity index (χ1) is 12.6. The second kappa shape index (κ2) is 7.05. The van der Waals surface area contributed by atoms with Crippen molar-refractivity contribution in [1.82, 2.24) is 15.0 Å². The van der Waals surface area contributed by atoms with Gasteiger partial charge in [-0.05, 0) is 51.5 Å². The molecule has 1 saturated heterocycles. The molecule has 1 aliphatic rings. The number of nitrogens with zero attached hydrogens (tertiary/aromatic N) is 3. The molecule has 2 aromatic rings. The van der Waals surface area contributed by atoms with Gasteiger partial charge in [0.05, 0.1) is 31.1 Å². The maximum absolute atomic E-state index is 14.5. The smallest absolute Gasteiger partial charge is 0.494 e. The van der Waals surface area contributed by atoms with Crippen LogP contribution < -0.4 is 4.74 Å². The monoisotopic (exact) mass is 377 g/mol. The number of benzene rings is 1. The van der Waals surface area contributed by atoms with Gasteiger partial charge in [-0.15, -0.1) is 5.10 Å². The summed E-state index contributed by atoms with van der Waals surface area (Å²) in [6, 6.07) is 4.63. The summed E-state index contributed by atoms with van der Waals surface area (Å²) in [4.78, 5) is 0. The molecule has 2 heterocycles. The summed E-state index contributed by atoms with van der Waals surface area (Å²) in [5.41, 5.74) is -0.842. The average Bonchev–Trinajstić information content (AvgIpc) is 3.09. The Kier molecular flexibility index (Phi) is 5.09. The molecule has 1 aliphatic heterocycles. The summed E-state index contributed by atoms with van der Waals surface area (Å²) in [7, 11) is 0.318. The van der Waals surface area contributed by atoms with Gasteiger partial charge in [0.15, 0.2) is 11.6 Å². The quantitative estimate of drug-likeness (QED) is 0.748. The summed E-state index contributed by atoms with van der Waals surface area (Å²) < 4.78 is 46.0. The first-order valence-corrected chi connectivity index (χ1v) is 8.56. The molecule has 1 aromatic heterocycles. The molecule has 1 fully saturated rings. The highest BCUT2D eigenvalue weighted by atomic mass is 19.1. The Hall–Kier alpha value is -2.26. The maximum atomic E-state index is 14.5. The van der Waals surface area contributed by atoms with Gasteiger partial charge >= 0.3 is 7.12 Å². The van der Waals surface area contributed by atoms with Crippen LogP contribution in [0.5, 0.6) is 5.75 Å². The van der Waals surface area contributed by atoms with E-state index in [0.29, 0.717) is 17.8 Å². The molecule has 0 spiro atoms.